The summed E-state index contributed by atoms with van der Waals surface area (Å²) >= 11 is 6.94. The fourth-order valence-electron chi connectivity index (χ4n) is 5.63. The van der Waals surface area contributed by atoms with Crippen LogP contribution in [0.25, 0.3) is 11.1 Å². The zero-order valence-corrected chi connectivity index (χ0v) is 26.4. The van der Waals surface area contributed by atoms with Crippen LogP contribution in [0.1, 0.15) is 66.2 Å². The first-order chi connectivity index (χ1) is 19.3. The van der Waals surface area contributed by atoms with Crippen LogP contribution in [-0.2, 0) is 35.7 Å². The van der Waals surface area contributed by atoms with Gasteiger partial charge in [-0.3, -0.25) is 19.8 Å². The number of carbonyl (C=O) groups excluding carboxylic acids is 1. The molecule has 0 radical (unpaired) electrons. The van der Waals surface area contributed by atoms with Crippen molar-refractivity contribution in [1.29, 1.82) is 0 Å². The van der Waals surface area contributed by atoms with E-state index in [1.165, 1.54) is 11.1 Å². The van der Waals surface area contributed by atoms with Crippen LogP contribution in [-0.4, -0.2) is 52.8 Å². The largest absolute Gasteiger partial charge is 0.480 e. The minimum Gasteiger partial charge on any atom is -0.480 e. The molecule has 10 heteroatoms. The first-order valence-electron chi connectivity index (χ1n) is 14.2. The lowest BCUT2D eigenvalue weighted by Gasteiger charge is -2.38. The third-order valence-corrected chi connectivity index (χ3v) is 13.8. The second-order valence-corrected chi connectivity index (χ2v) is 17.8. The Balaban J connectivity index is 1.39. The molecule has 218 valence electrons. The molecule has 0 fully saturated rings. The van der Waals surface area contributed by atoms with Gasteiger partial charge in [-0.25, -0.2) is 4.98 Å². The Morgan fingerprint density at radius 1 is 1.15 bits per heavy atom. The summed E-state index contributed by atoms with van der Waals surface area (Å²) in [7, 11) is -0.0798. The molecule has 41 heavy (non-hydrogen) atoms. The second-order valence-electron chi connectivity index (χ2n) is 12.6. The smallest absolute Gasteiger partial charge is 0.317 e. The van der Waals surface area contributed by atoms with Gasteiger partial charge in [0.25, 0.3) is 5.91 Å². The fourth-order valence-corrected chi connectivity index (χ4v) is 7.25. The first-order valence-corrected chi connectivity index (χ1v) is 17.4. The van der Waals surface area contributed by atoms with E-state index in [1.807, 2.05) is 28.6 Å². The number of benzene rings is 2. The molecule has 1 aliphatic carbocycles. The van der Waals surface area contributed by atoms with Gasteiger partial charge in [0.1, 0.15) is 0 Å². The number of carbonyl (C=O) groups is 2. The van der Waals surface area contributed by atoms with E-state index >= 15 is 0 Å². The standard InChI is InChI=1S/C31H39ClN4O4Si/c1-31(2,3)41(5,6)40-26-14-13-20-19(9-7-10-21(20)26)22-11-8-12-23(28(22)32)29(39)34-30-33-24-17-36(18-27(37)38)16-15-25(24)35(30)4/h7-12,26H,13-18H2,1-6H3,(H,37,38)(H,33,34,39). The molecule has 1 amide bonds. The number of halogens is 1. The average Bonchev–Trinajstić information content (AvgIpc) is 3.43. The zero-order chi connectivity index (χ0) is 29.7. The number of aromatic nitrogens is 2. The molecule has 1 aliphatic heterocycles. The lowest BCUT2D eigenvalue weighted by atomic mass is 9.95. The molecule has 0 saturated carbocycles. The molecule has 1 aromatic heterocycles. The van der Waals surface area contributed by atoms with Gasteiger partial charge in [-0.05, 0) is 53.7 Å². The molecule has 2 N–H and O–H groups in total. The van der Waals surface area contributed by atoms with Gasteiger partial charge in [0.05, 0.1) is 28.9 Å². The van der Waals surface area contributed by atoms with Crippen molar-refractivity contribution in [2.75, 3.05) is 18.4 Å². The Morgan fingerprint density at radius 2 is 1.85 bits per heavy atom. The maximum atomic E-state index is 13.5. The Bertz CT molecular complexity index is 1510. The average molecular weight is 595 g/mol. The molecule has 2 aliphatic rings. The number of amides is 1. The van der Waals surface area contributed by atoms with Crippen LogP contribution in [0.4, 0.5) is 5.95 Å². The summed E-state index contributed by atoms with van der Waals surface area (Å²) in [6, 6.07) is 11.8. The monoisotopic (exact) mass is 594 g/mol. The number of carboxylic acid groups (broad SMARTS) is 1. The maximum absolute atomic E-state index is 13.5. The van der Waals surface area contributed by atoms with Crippen molar-refractivity contribution in [2.45, 2.75) is 70.8 Å². The predicted molar refractivity (Wildman–Crippen MR) is 164 cm³/mol. The van der Waals surface area contributed by atoms with Gasteiger partial charge in [-0.15, -0.1) is 0 Å². The van der Waals surface area contributed by atoms with Crippen LogP contribution in [0.5, 0.6) is 0 Å². The molecule has 3 aromatic rings. The van der Waals surface area contributed by atoms with Gasteiger partial charge in [0.15, 0.2) is 8.32 Å². The summed E-state index contributed by atoms with van der Waals surface area (Å²) in [5, 5.41) is 12.6. The van der Waals surface area contributed by atoms with Crippen LogP contribution in [0.3, 0.4) is 0 Å². The van der Waals surface area contributed by atoms with Crippen LogP contribution in [0.2, 0.25) is 23.2 Å². The topological polar surface area (TPSA) is 96.7 Å². The predicted octanol–water partition coefficient (Wildman–Crippen LogP) is 6.44. The molecular weight excluding hydrogens is 556 g/mol. The molecule has 1 unspecified atom stereocenters. The van der Waals surface area contributed by atoms with E-state index in [0.29, 0.717) is 36.0 Å². The summed E-state index contributed by atoms with van der Waals surface area (Å²) in [5.41, 5.74) is 6.47. The summed E-state index contributed by atoms with van der Waals surface area (Å²) in [6.07, 6.45) is 2.56. The highest BCUT2D eigenvalue weighted by atomic mass is 35.5. The van der Waals surface area contributed by atoms with Gasteiger partial charge in [-0.2, -0.15) is 0 Å². The highest BCUT2D eigenvalue weighted by molar-refractivity contribution is 6.74. The number of nitrogens with one attached hydrogen (secondary N) is 1. The van der Waals surface area contributed by atoms with Gasteiger partial charge < -0.3 is 14.1 Å². The number of aliphatic carboxylic acids is 1. The van der Waals surface area contributed by atoms with Gasteiger partial charge >= 0.3 is 5.97 Å². The number of carboxylic acids is 1. The minimum atomic E-state index is -1.94. The summed E-state index contributed by atoms with van der Waals surface area (Å²) in [5.74, 6) is -0.781. The Hall–Kier alpha value is -2.98. The lowest BCUT2D eigenvalue weighted by molar-refractivity contribution is -0.138. The molecule has 0 saturated heterocycles. The van der Waals surface area contributed by atoms with E-state index in [2.05, 4.69) is 62.4 Å². The number of anilines is 1. The third-order valence-electron chi connectivity index (χ3n) is 8.91. The Morgan fingerprint density at radius 3 is 2.56 bits per heavy atom. The second kappa shape index (κ2) is 11.0. The molecule has 1 atom stereocenters. The van der Waals surface area contributed by atoms with Crippen LogP contribution in [0.15, 0.2) is 36.4 Å². The van der Waals surface area contributed by atoms with Gasteiger partial charge in [0.2, 0.25) is 5.95 Å². The van der Waals surface area contributed by atoms with Crippen molar-refractivity contribution in [3.63, 3.8) is 0 Å². The van der Waals surface area contributed by atoms with Crippen LogP contribution >= 0.6 is 11.6 Å². The van der Waals surface area contributed by atoms with Crippen molar-refractivity contribution >= 4 is 37.7 Å². The van der Waals surface area contributed by atoms with Gasteiger partial charge in [0, 0.05) is 37.8 Å². The molecule has 2 aromatic carbocycles. The van der Waals surface area contributed by atoms with E-state index < -0.39 is 14.3 Å². The first kappa shape index (κ1) is 29.5. The number of hydrogen-bond acceptors (Lipinski definition) is 5. The van der Waals surface area contributed by atoms with Crippen LogP contribution < -0.4 is 5.32 Å². The van der Waals surface area contributed by atoms with E-state index in [0.717, 1.165) is 35.4 Å². The van der Waals surface area contributed by atoms with E-state index in [-0.39, 0.29) is 23.6 Å². The highest BCUT2D eigenvalue weighted by Crippen LogP contribution is 2.46. The van der Waals surface area contributed by atoms with E-state index in [9.17, 15) is 9.59 Å². The molecule has 8 nitrogen and oxygen atoms in total. The van der Waals surface area contributed by atoms with Crippen molar-refractivity contribution in [2.24, 2.45) is 7.05 Å². The molecule has 0 spiro atoms. The molecule has 5 rings (SSSR count). The van der Waals surface area contributed by atoms with Crippen LogP contribution in [0, 0.1) is 0 Å². The number of fused-ring (bicyclic) bond motifs is 2. The van der Waals surface area contributed by atoms with Crippen molar-refractivity contribution in [1.82, 2.24) is 14.5 Å². The Labute approximate surface area is 247 Å². The molecule has 0 bridgehead atoms. The molecule has 2 heterocycles. The van der Waals surface area contributed by atoms with Crippen molar-refractivity contribution < 1.29 is 19.1 Å². The highest BCUT2D eigenvalue weighted by Gasteiger charge is 2.41. The normalized spacial score (nSPS) is 17.3. The fraction of sp³-hybridized carbons (Fsp3) is 0.452. The summed E-state index contributed by atoms with van der Waals surface area (Å²) in [6.45, 7) is 12.4. The summed E-state index contributed by atoms with van der Waals surface area (Å²) < 4.78 is 8.68. The lowest BCUT2D eigenvalue weighted by Crippen LogP contribution is -2.41. The number of rotatable bonds is 7. The van der Waals surface area contributed by atoms with Crippen molar-refractivity contribution in [3.8, 4) is 11.1 Å². The van der Waals surface area contributed by atoms with Gasteiger partial charge in [-0.1, -0.05) is 62.7 Å². The number of nitrogens with zero attached hydrogens (tertiary/aromatic N) is 3. The maximum Gasteiger partial charge on any atom is 0.317 e. The van der Waals surface area contributed by atoms with E-state index in [4.69, 9.17) is 21.1 Å². The quantitative estimate of drug-likeness (QED) is 0.305. The zero-order valence-electron chi connectivity index (χ0n) is 24.7. The summed E-state index contributed by atoms with van der Waals surface area (Å²) in [4.78, 5) is 31.1. The third kappa shape index (κ3) is 5.73. The van der Waals surface area contributed by atoms with Crippen molar-refractivity contribution in [3.05, 3.63) is 69.5 Å². The SMILES string of the molecule is Cn1c(NC(=O)c2cccc(-c3cccc4c3CCC4O[Si](C)(C)C(C)(C)C)c2Cl)nc2c1CCN(CC(=O)O)C2. The Kier molecular flexibility index (Phi) is 7.93. The number of imidazole rings is 1. The minimum absolute atomic E-state index is 0.0353. The molecular formula is C31H39ClN4O4Si. The van der Waals surface area contributed by atoms with E-state index in [1.54, 1.807) is 6.07 Å². The number of hydrogen-bond donors (Lipinski definition) is 2.